The molecule has 0 atom stereocenters. The van der Waals surface area contributed by atoms with E-state index in [9.17, 15) is 9.90 Å². The van der Waals surface area contributed by atoms with Gasteiger partial charge in [0.1, 0.15) is 5.76 Å². The molecule has 102 valence electrons. The molecule has 1 rings (SSSR count). The number of allylic oxidation sites excluding steroid dienone is 1. The van der Waals surface area contributed by atoms with Crippen LogP contribution in [-0.4, -0.2) is 17.7 Å². The van der Waals surface area contributed by atoms with E-state index in [4.69, 9.17) is 4.74 Å². The van der Waals surface area contributed by atoms with Crippen molar-refractivity contribution >= 4 is 11.7 Å². The number of carbonyl (C=O) groups excluding carboxylic acids is 1. The molecule has 1 aromatic rings. The van der Waals surface area contributed by atoms with Crippen LogP contribution in [0.15, 0.2) is 39.9 Å². The summed E-state index contributed by atoms with van der Waals surface area (Å²) < 4.78 is 4.79. The van der Waals surface area contributed by atoms with Gasteiger partial charge in [-0.1, -0.05) is 17.7 Å². The predicted octanol–water partition coefficient (Wildman–Crippen LogP) is 3.74. The van der Waals surface area contributed by atoms with Crippen molar-refractivity contribution in [3.05, 3.63) is 40.8 Å². The van der Waals surface area contributed by atoms with E-state index in [-0.39, 0.29) is 18.1 Å². The van der Waals surface area contributed by atoms with Crippen LogP contribution >= 0.6 is 0 Å². The average Bonchev–Trinajstić information content (AvgIpc) is 2.31. The largest absolute Gasteiger partial charge is 0.510 e. The second kappa shape index (κ2) is 6.68. The molecular formula is C14H18N2O3. The number of carbonyl (C=O) groups is 1. The highest BCUT2D eigenvalue weighted by molar-refractivity contribution is 5.88. The van der Waals surface area contributed by atoms with Crippen LogP contribution in [0.5, 0.6) is 0 Å². The van der Waals surface area contributed by atoms with Gasteiger partial charge in [0.25, 0.3) is 0 Å². The van der Waals surface area contributed by atoms with Crippen molar-refractivity contribution in [2.75, 3.05) is 6.61 Å². The van der Waals surface area contributed by atoms with Gasteiger partial charge in [-0.2, -0.15) is 0 Å². The zero-order valence-electron chi connectivity index (χ0n) is 11.6. The molecule has 0 amide bonds. The molecular weight excluding hydrogens is 244 g/mol. The van der Waals surface area contributed by atoms with Crippen LogP contribution in [0, 0.1) is 13.8 Å². The van der Waals surface area contributed by atoms with E-state index in [1.54, 1.807) is 6.92 Å². The van der Waals surface area contributed by atoms with Gasteiger partial charge in [0.05, 0.1) is 12.3 Å². The van der Waals surface area contributed by atoms with E-state index < -0.39 is 5.97 Å². The molecule has 5 heteroatoms. The summed E-state index contributed by atoms with van der Waals surface area (Å²) in [5.41, 5.74) is 2.54. The van der Waals surface area contributed by atoms with Crippen LogP contribution in [0.4, 0.5) is 5.69 Å². The zero-order valence-corrected chi connectivity index (χ0v) is 11.6. The number of rotatable bonds is 4. The first-order valence-electron chi connectivity index (χ1n) is 6.01. The highest BCUT2D eigenvalue weighted by Gasteiger charge is 2.13. The molecule has 19 heavy (non-hydrogen) atoms. The third-order valence-corrected chi connectivity index (χ3v) is 2.42. The SMILES string of the molecule is CCOC(=O)/C(N=Nc1ccc(C)cc1C)=C(/C)O. The average molecular weight is 262 g/mol. The molecule has 0 bridgehead atoms. The van der Waals surface area contributed by atoms with E-state index in [1.807, 2.05) is 32.0 Å². The second-order valence-electron chi connectivity index (χ2n) is 4.14. The van der Waals surface area contributed by atoms with Crippen LogP contribution in [0.25, 0.3) is 0 Å². The molecule has 0 heterocycles. The lowest BCUT2D eigenvalue weighted by Crippen LogP contribution is -2.07. The van der Waals surface area contributed by atoms with Crippen LogP contribution in [0.2, 0.25) is 0 Å². The molecule has 0 aliphatic heterocycles. The first kappa shape index (κ1) is 14.9. The Morgan fingerprint density at radius 2 is 2.05 bits per heavy atom. The number of hydrogen-bond donors (Lipinski definition) is 1. The van der Waals surface area contributed by atoms with Gasteiger partial charge in [-0.25, -0.2) is 4.79 Å². The maximum atomic E-state index is 11.6. The summed E-state index contributed by atoms with van der Waals surface area (Å²) in [5.74, 6) is -0.900. The zero-order chi connectivity index (χ0) is 14.4. The summed E-state index contributed by atoms with van der Waals surface area (Å²) in [4.78, 5) is 11.6. The Morgan fingerprint density at radius 1 is 1.37 bits per heavy atom. The number of benzene rings is 1. The summed E-state index contributed by atoms with van der Waals surface area (Å²) in [6.07, 6.45) is 0. The molecule has 0 radical (unpaired) electrons. The summed E-state index contributed by atoms with van der Waals surface area (Å²) in [5, 5.41) is 17.2. The molecule has 0 aliphatic rings. The van der Waals surface area contributed by atoms with Crippen molar-refractivity contribution in [2.24, 2.45) is 10.2 Å². The monoisotopic (exact) mass is 262 g/mol. The normalized spacial score (nSPS) is 12.4. The number of aliphatic hydroxyl groups excluding tert-OH is 1. The lowest BCUT2D eigenvalue weighted by Gasteiger charge is -2.03. The van der Waals surface area contributed by atoms with Crippen LogP contribution in [-0.2, 0) is 9.53 Å². The van der Waals surface area contributed by atoms with Gasteiger partial charge in [0, 0.05) is 0 Å². The molecule has 0 aromatic heterocycles. The van der Waals surface area contributed by atoms with Crippen LogP contribution < -0.4 is 0 Å². The van der Waals surface area contributed by atoms with Gasteiger partial charge in [0.2, 0.25) is 5.70 Å². The smallest absolute Gasteiger partial charge is 0.362 e. The molecule has 0 spiro atoms. The Bertz CT molecular complexity index is 529. The molecule has 1 aromatic carbocycles. The van der Waals surface area contributed by atoms with Crippen LogP contribution in [0.3, 0.4) is 0 Å². The minimum atomic E-state index is -0.684. The summed E-state index contributed by atoms with van der Waals surface area (Å²) in [6.45, 7) is 7.15. The minimum absolute atomic E-state index is 0.179. The minimum Gasteiger partial charge on any atom is -0.510 e. The van der Waals surface area contributed by atoms with Gasteiger partial charge < -0.3 is 9.84 Å². The van der Waals surface area contributed by atoms with E-state index in [2.05, 4.69) is 10.2 Å². The molecule has 0 aliphatic carbocycles. The Labute approximate surface area is 112 Å². The number of aryl methyl sites for hydroxylation is 2. The highest BCUT2D eigenvalue weighted by atomic mass is 16.5. The maximum Gasteiger partial charge on any atom is 0.362 e. The first-order chi connectivity index (χ1) is 8.95. The van der Waals surface area contributed by atoms with Crippen molar-refractivity contribution in [3.63, 3.8) is 0 Å². The standard InChI is InChI=1S/C14H18N2O3/c1-5-19-14(18)13(11(4)17)16-15-12-7-6-9(2)8-10(12)3/h6-8,17H,5H2,1-4H3/b13-11+,16-15?. The molecule has 0 unspecified atom stereocenters. The number of azo groups is 1. The number of nitrogens with zero attached hydrogens (tertiary/aromatic N) is 2. The Hall–Kier alpha value is -2.17. The van der Waals surface area contributed by atoms with Crippen molar-refractivity contribution in [3.8, 4) is 0 Å². The lowest BCUT2D eigenvalue weighted by molar-refractivity contribution is -0.138. The quantitative estimate of drug-likeness (QED) is 0.389. The lowest BCUT2D eigenvalue weighted by atomic mass is 10.1. The third-order valence-electron chi connectivity index (χ3n) is 2.42. The summed E-state index contributed by atoms with van der Waals surface area (Å²) in [6, 6.07) is 5.68. The number of aliphatic hydroxyl groups is 1. The fourth-order valence-corrected chi connectivity index (χ4v) is 1.48. The highest BCUT2D eigenvalue weighted by Crippen LogP contribution is 2.21. The maximum absolute atomic E-state index is 11.6. The van der Waals surface area contributed by atoms with Gasteiger partial charge in [-0.3, -0.25) is 0 Å². The fraction of sp³-hybridized carbons (Fsp3) is 0.357. The van der Waals surface area contributed by atoms with E-state index in [0.717, 1.165) is 11.1 Å². The number of ether oxygens (including phenoxy) is 1. The molecule has 1 N–H and O–H groups in total. The summed E-state index contributed by atoms with van der Waals surface area (Å²) >= 11 is 0. The number of esters is 1. The van der Waals surface area contributed by atoms with Crippen molar-refractivity contribution in [1.82, 2.24) is 0 Å². The van der Waals surface area contributed by atoms with E-state index in [0.29, 0.717) is 5.69 Å². The topological polar surface area (TPSA) is 71.2 Å². The van der Waals surface area contributed by atoms with Gasteiger partial charge in [-0.15, -0.1) is 10.2 Å². The second-order valence-corrected chi connectivity index (χ2v) is 4.14. The van der Waals surface area contributed by atoms with Crippen LogP contribution in [0.1, 0.15) is 25.0 Å². The Balaban J connectivity index is 3.00. The first-order valence-corrected chi connectivity index (χ1v) is 6.01. The van der Waals surface area contributed by atoms with E-state index in [1.165, 1.54) is 6.92 Å². The molecule has 0 fully saturated rings. The predicted molar refractivity (Wildman–Crippen MR) is 72.4 cm³/mol. The van der Waals surface area contributed by atoms with Gasteiger partial charge in [0.15, 0.2) is 0 Å². The number of hydrogen-bond acceptors (Lipinski definition) is 5. The van der Waals surface area contributed by atoms with Crippen molar-refractivity contribution in [1.29, 1.82) is 0 Å². The molecule has 0 saturated heterocycles. The van der Waals surface area contributed by atoms with Crippen molar-refractivity contribution < 1.29 is 14.6 Å². The molecule has 0 saturated carbocycles. The fourth-order valence-electron chi connectivity index (χ4n) is 1.48. The third kappa shape index (κ3) is 4.21. The Morgan fingerprint density at radius 3 is 2.58 bits per heavy atom. The van der Waals surface area contributed by atoms with Crippen molar-refractivity contribution in [2.45, 2.75) is 27.7 Å². The van der Waals surface area contributed by atoms with E-state index >= 15 is 0 Å². The summed E-state index contributed by atoms with van der Waals surface area (Å²) in [7, 11) is 0. The Kier molecular flexibility index (Phi) is 5.23. The molecule has 5 nitrogen and oxygen atoms in total. The van der Waals surface area contributed by atoms with Gasteiger partial charge in [-0.05, 0) is 39.3 Å². The van der Waals surface area contributed by atoms with Gasteiger partial charge >= 0.3 is 5.97 Å².